The molecule has 2 N–H and O–H groups in total. The van der Waals surface area contributed by atoms with E-state index < -0.39 is 0 Å². The van der Waals surface area contributed by atoms with Crippen molar-refractivity contribution in [2.75, 3.05) is 32.7 Å². The van der Waals surface area contributed by atoms with Gasteiger partial charge in [-0.1, -0.05) is 13.3 Å². The molecule has 1 saturated carbocycles. The average molecular weight is 281 g/mol. The quantitative estimate of drug-likeness (QED) is 0.774. The molecule has 0 aromatic carbocycles. The van der Waals surface area contributed by atoms with E-state index in [0.29, 0.717) is 18.9 Å². The summed E-state index contributed by atoms with van der Waals surface area (Å²) in [7, 11) is 0. The third-order valence-electron chi connectivity index (χ3n) is 5.03. The molecule has 1 unspecified atom stereocenters. The van der Waals surface area contributed by atoms with Gasteiger partial charge in [-0.05, 0) is 44.6 Å². The second kappa shape index (κ2) is 7.99. The summed E-state index contributed by atoms with van der Waals surface area (Å²) in [5.41, 5.74) is 5.95. The summed E-state index contributed by atoms with van der Waals surface area (Å²) < 4.78 is 0. The number of carbonyl (C=O) groups is 1. The zero-order chi connectivity index (χ0) is 14.4. The molecule has 20 heavy (non-hydrogen) atoms. The number of hydrogen-bond acceptors (Lipinski definition) is 3. The fourth-order valence-corrected chi connectivity index (χ4v) is 3.38. The maximum atomic E-state index is 12.4. The van der Waals surface area contributed by atoms with Crippen LogP contribution in [0.25, 0.3) is 0 Å². The van der Waals surface area contributed by atoms with Crippen LogP contribution in [0.15, 0.2) is 0 Å². The predicted molar refractivity (Wildman–Crippen MR) is 82.5 cm³/mol. The number of likely N-dealkylation sites (N-methyl/N-ethyl adjacent to an activating group) is 1. The molecule has 116 valence electrons. The number of nitrogens with two attached hydrogens (primary N) is 1. The summed E-state index contributed by atoms with van der Waals surface area (Å²) in [5, 5.41) is 0. The van der Waals surface area contributed by atoms with Crippen LogP contribution in [0.5, 0.6) is 0 Å². The normalized spacial score (nSPS) is 21.9. The minimum absolute atomic E-state index is 0.232. The Morgan fingerprint density at radius 3 is 2.45 bits per heavy atom. The molecule has 0 bridgehead atoms. The average Bonchev–Trinajstić information content (AvgIpc) is 2.45. The summed E-state index contributed by atoms with van der Waals surface area (Å²) in [5.74, 6) is 1.15. The molecule has 0 aromatic rings. The lowest BCUT2D eigenvalue weighted by Crippen LogP contribution is -2.47. The number of amides is 1. The topological polar surface area (TPSA) is 49.6 Å². The van der Waals surface area contributed by atoms with Gasteiger partial charge in [0.1, 0.15) is 0 Å². The van der Waals surface area contributed by atoms with Gasteiger partial charge in [0.25, 0.3) is 0 Å². The lowest BCUT2D eigenvalue weighted by atomic mass is 9.84. The van der Waals surface area contributed by atoms with Gasteiger partial charge in [0.2, 0.25) is 5.91 Å². The van der Waals surface area contributed by atoms with Crippen LogP contribution in [0.3, 0.4) is 0 Å². The van der Waals surface area contributed by atoms with E-state index in [1.807, 2.05) is 4.90 Å². The van der Waals surface area contributed by atoms with Crippen LogP contribution in [0.4, 0.5) is 0 Å². The van der Waals surface area contributed by atoms with Crippen molar-refractivity contribution in [2.24, 2.45) is 11.7 Å². The van der Waals surface area contributed by atoms with Gasteiger partial charge in [-0.2, -0.15) is 0 Å². The summed E-state index contributed by atoms with van der Waals surface area (Å²) in [6.45, 7) is 6.82. The van der Waals surface area contributed by atoms with Gasteiger partial charge >= 0.3 is 0 Å². The fourth-order valence-electron chi connectivity index (χ4n) is 3.38. The Balaban J connectivity index is 1.83. The van der Waals surface area contributed by atoms with Gasteiger partial charge in [0.15, 0.2) is 0 Å². The summed E-state index contributed by atoms with van der Waals surface area (Å²) in [6.07, 6.45) is 8.30. The lowest BCUT2D eigenvalue weighted by molar-refractivity contribution is -0.133. The first-order chi connectivity index (χ1) is 9.74. The number of carbonyl (C=O) groups excluding carboxylic acids is 1. The van der Waals surface area contributed by atoms with Gasteiger partial charge in [-0.15, -0.1) is 0 Å². The largest absolute Gasteiger partial charge is 0.343 e. The second-order valence-electron chi connectivity index (χ2n) is 6.42. The number of nitrogens with zero attached hydrogens (tertiary/aromatic N) is 2. The molecule has 1 amide bonds. The molecule has 1 atom stereocenters. The maximum absolute atomic E-state index is 12.4. The standard InChI is InChI=1S/C16H31N3O/c1-2-18(13-14-7-6-8-14)15(12-17)11-16(20)19-9-4-3-5-10-19/h14-15H,2-13,17H2,1H3. The highest BCUT2D eigenvalue weighted by Crippen LogP contribution is 2.28. The van der Waals surface area contributed by atoms with E-state index in [1.54, 1.807) is 0 Å². The van der Waals surface area contributed by atoms with Crippen LogP contribution in [-0.4, -0.2) is 54.5 Å². The number of piperidine rings is 1. The van der Waals surface area contributed by atoms with Gasteiger partial charge in [0.05, 0.1) is 0 Å². The third-order valence-corrected chi connectivity index (χ3v) is 5.03. The fraction of sp³-hybridized carbons (Fsp3) is 0.938. The molecule has 4 heteroatoms. The van der Waals surface area contributed by atoms with Crippen LogP contribution in [0, 0.1) is 5.92 Å². The van der Waals surface area contributed by atoms with Crippen molar-refractivity contribution in [1.29, 1.82) is 0 Å². The highest BCUT2D eigenvalue weighted by Gasteiger charge is 2.27. The molecule has 0 radical (unpaired) electrons. The molecule has 0 spiro atoms. The smallest absolute Gasteiger partial charge is 0.224 e. The van der Waals surface area contributed by atoms with Crippen molar-refractivity contribution in [3.8, 4) is 0 Å². The number of hydrogen-bond donors (Lipinski definition) is 1. The minimum atomic E-state index is 0.232. The van der Waals surface area contributed by atoms with E-state index in [1.165, 1.54) is 38.5 Å². The molecule has 1 aliphatic heterocycles. The molecular weight excluding hydrogens is 250 g/mol. The van der Waals surface area contributed by atoms with Crippen molar-refractivity contribution in [2.45, 2.75) is 57.9 Å². The summed E-state index contributed by atoms with van der Waals surface area (Å²) in [6, 6.07) is 0.232. The van der Waals surface area contributed by atoms with Crippen LogP contribution in [-0.2, 0) is 4.79 Å². The van der Waals surface area contributed by atoms with Crippen molar-refractivity contribution in [3.63, 3.8) is 0 Å². The first-order valence-electron chi connectivity index (χ1n) is 8.46. The Morgan fingerprint density at radius 2 is 1.95 bits per heavy atom. The van der Waals surface area contributed by atoms with Crippen LogP contribution in [0.2, 0.25) is 0 Å². The molecular formula is C16H31N3O. The van der Waals surface area contributed by atoms with Gasteiger partial charge in [-0.3, -0.25) is 9.69 Å². The molecule has 1 heterocycles. The van der Waals surface area contributed by atoms with E-state index in [4.69, 9.17) is 5.73 Å². The second-order valence-corrected chi connectivity index (χ2v) is 6.42. The lowest BCUT2D eigenvalue weighted by Gasteiger charge is -2.37. The maximum Gasteiger partial charge on any atom is 0.224 e. The third kappa shape index (κ3) is 4.19. The Labute approximate surface area is 123 Å². The van der Waals surface area contributed by atoms with E-state index in [0.717, 1.165) is 32.1 Å². The summed E-state index contributed by atoms with van der Waals surface area (Å²) in [4.78, 5) is 16.9. The van der Waals surface area contributed by atoms with Gasteiger partial charge in [-0.25, -0.2) is 0 Å². The first-order valence-corrected chi connectivity index (χ1v) is 8.46. The van der Waals surface area contributed by atoms with Crippen LogP contribution >= 0.6 is 0 Å². The van der Waals surface area contributed by atoms with Gasteiger partial charge in [0, 0.05) is 38.6 Å². The monoisotopic (exact) mass is 281 g/mol. The Bertz CT molecular complexity index is 298. The van der Waals surface area contributed by atoms with Crippen molar-refractivity contribution < 1.29 is 4.79 Å². The number of rotatable bonds is 7. The van der Waals surface area contributed by atoms with E-state index in [9.17, 15) is 4.79 Å². The molecule has 2 rings (SSSR count). The Morgan fingerprint density at radius 1 is 1.25 bits per heavy atom. The van der Waals surface area contributed by atoms with Crippen molar-refractivity contribution in [3.05, 3.63) is 0 Å². The molecule has 1 saturated heterocycles. The van der Waals surface area contributed by atoms with E-state index in [2.05, 4.69) is 11.8 Å². The van der Waals surface area contributed by atoms with E-state index in [-0.39, 0.29) is 6.04 Å². The zero-order valence-corrected chi connectivity index (χ0v) is 13.0. The highest BCUT2D eigenvalue weighted by atomic mass is 16.2. The van der Waals surface area contributed by atoms with Crippen molar-refractivity contribution in [1.82, 2.24) is 9.80 Å². The first kappa shape index (κ1) is 15.8. The summed E-state index contributed by atoms with van der Waals surface area (Å²) >= 11 is 0. The Hall–Kier alpha value is -0.610. The van der Waals surface area contributed by atoms with E-state index >= 15 is 0 Å². The van der Waals surface area contributed by atoms with Gasteiger partial charge < -0.3 is 10.6 Å². The molecule has 4 nitrogen and oxygen atoms in total. The number of likely N-dealkylation sites (tertiary alicyclic amines) is 1. The molecule has 0 aromatic heterocycles. The molecule has 1 aliphatic carbocycles. The Kier molecular flexibility index (Phi) is 6.30. The molecule has 2 aliphatic rings. The highest BCUT2D eigenvalue weighted by molar-refractivity contribution is 5.76. The minimum Gasteiger partial charge on any atom is -0.343 e. The van der Waals surface area contributed by atoms with Crippen molar-refractivity contribution >= 4 is 5.91 Å². The molecule has 2 fully saturated rings. The predicted octanol–water partition coefficient (Wildman–Crippen LogP) is 1.84. The van der Waals surface area contributed by atoms with Crippen LogP contribution < -0.4 is 5.73 Å². The van der Waals surface area contributed by atoms with Crippen LogP contribution in [0.1, 0.15) is 51.9 Å². The SMILES string of the molecule is CCN(CC1CCC1)C(CN)CC(=O)N1CCCCC1. The zero-order valence-electron chi connectivity index (χ0n) is 13.0.